The number of benzene rings is 3. The van der Waals surface area contributed by atoms with E-state index in [4.69, 9.17) is 25.5 Å². The first-order valence-electron chi connectivity index (χ1n) is 14.5. The molecule has 0 aliphatic carbocycles. The zero-order valence-electron chi connectivity index (χ0n) is 24.8. The minimum Gasteiger partial charge on any atom is -0.497 e. The van der Waals surface area contributed by atoms with Crippen molar-refractivity contribution in [2.45, 2.75) is 35.9 Å². The van der Waals surface area contributed by atoms with E-state index in [0.29, 0.717) is 61.0 Å². The number of aromatic nitrogens is 1. The Hall–Kier alpha value is -3.94. The molecule has 3 aromatic carbocycles. The van der Waals surface area contributed by atoms with Crippen LogP contribution >= 0.6 is 11.6 Å². The number of nitrogens with one attached hydrogen (secondary N) is 1. The van der Waals surface area contributed by atoms with E-state index in [1.807, 2.05) is 17.0 Å². The second kappa shape index (κ2) is 12.5. The summed E-state index contributed by atoms with van der Waals surface area (Å²) in [6.07, 6.45) is 4.37. The van der Waals surface area contributed by atoms with Gasteiger partial charge >= 0.3 is 0 Å². The van der Waals surface area contributed by atoms with Crippen LogP contribution in [0, 0.1) is 0 Å². The zero-order chi connectivity index (χ0) is 31.8. The largest absolute Gasteiger partial charge is 0.497 e. The summed E-state index contributed by atoms with van der Waals surface area (Å²) in [5.74, 6) is 0.595. The minimum absolute atomic E-state index is 0.0383. The number of carbonyl (C=O) groups is 1. The third-order valence-electron chi connectivity index (χ3n) is 8.35. The molecule has 13 heteroatoms. The lowest BCUT2D eigenvalue weighted by Gasteiger charge is -2.41. The van der Waals surface area contributed by atoms with Gasteiger partial charge in [0.1, 0.15) is 17.8 Å². The van der Waals surface area contributed by atoms with Gasteiger partial charge in [-0.15, -0.1) is 0 Å². The number of carbonyl (C=O) groups excluding carboxylic acids is 1. The molecular weight excluding hydrogens is 620 g/mol. The second-order valence-corrected chi connectivity index (χ2v) is 13.0. The van der Waals surface area contributed by atoms with Gasteiger partial charge in [-0.25, -0.2) is 17.7 Å². The normalized spacial score (nSPS) is 20.0. The third-order valence-corrected chi connectivity index (χ3v) is 10.3. The number of aliphatic hydroxyl groups excluding tert-OH is 1. The number of hydrogen-bond acceptors (Lipinski definition) is 10. The maximum atomic E-state index is 15.4. The highest BCUT2D eigenvalue weighted by Gasteiger charge is 2.62. The number of halogens is 1. The molecule has 0 bridgehead atoms. The third kappa shape index (κ3) is 5.16. The Kier molecular flexibility index (Phi) is 8.59. The van der Waals surface area contributed by atoms with Crippen molar-refractivity contribution in [3.8, 4) is 11.5 Å². The number of methoxy groups -OCH3 is 2. The summed E-state index contributed by atoms with van der Waals surface area (Å²) < 4.78 is 46.7. The summed E-state index contributed by atoms with van der Waals surface area (Å²) in [5.41, 5.74) is 0.185. The van der Waals surface area contributed by atoms with E-state index in [-0.39, 0.29) is 22.2 Å². The van der Waals surface area contributed by atoms with Gasteiger partial charge < -0.3 is 24.3 Å². The van der Waals surface area contributed by atoms with Crippen molar-refractivity contribution in [3.05, 3.63) is 101 Å². The van der Waals surface area contributed by atoms with E-state index in [9.17, 15) is 13.5 Å². The second-order valence-electron chi connectivity index (χ2n) is 10.8. The maximum Gasteiger partial charge on any atom is 0.271 e. The van der Waals surface area contributed by atoms with Crippen LogP contribution in [0.5, 0.6) is 11.5 Å². The van der Waals surface area contributed by atoms with Crippen molar-refractivity contribution in [3.63, 3.8) is 0 Å². The molecule has 1 fully saturated rings. The van der Waals surface area contributed by atoms with E-state index < -0.39 is 27.5 Å². The van der Waals surface area contributed by atoms with Crippen LogP contribution in [0.4, 0.5) is 5.69 Å². The van der Waals surface area contributed by atoms with Crippen molar-refractivity contribution in [1.29, 1.82) is 0 Å². The summed E-state index contributed by atoms with van der Waals surface area (Å²) in [4.78, 5) is 21.7. The molecule has 11 nitrogen and oxygen atoms in total. The van der Waals surface area contributed by atoms with Crippen LogP contribution in [-0.2, 0) is 26.9 Å². The van der Waals surface area contributed by atoms with Crippen LogP contribution in [0.3, 0.4) is 0 Å². The maximum absolute atomic E-state index is 15.4. The molecule has 4 aromatic rings. The molecule has 0 spiro atoms. The molecule has 1 aromatic heterocycles. The number of amides is 1. The van der Waals surface area contributed by atoms with Crippen LogP contribution < -0.4 is 19.1 Å². The molecule has 0 saturated carbocycles. The molecule has 3 heterocycles. The monoisotopic (exact) mass is 652 g/mol. The van der Waals surface area contributed by atoms with E-state index >= 15 is 4.79 Å². The summed E-state index contributed by atoms with van der Waals surface area (Å²) in [6.45, 7) is 1.17. The van der Waals surface area contributed by atoms with E-state index in [0.717, 1.165) is 9.87 Å². The topological polar surface area (TPSA) is 134 Å². The molecule has 2 N–H and O–H groups in total. The van der Waals surface area contributed by atoms with Gasteiger partial charge in [0.05, 0.1) is 43.6 Å². The van der Waals surface area contributed by atoms with Crippen molar-refractivity contribution in [2.75, 3.05) is 38.2 Å². The van der Waals surface area contributed by atoms with E-state index in [1.165, 1.54) is 50.8 Å². The minimum atomic E-state index is -4.45. The predicted octanol–water partition coefficient (Wildman–Crippen LogP) is 4.24. The Morgan fingerprint density at radius 2 is 1.89 bits per heavy atom. The molecule has 1 amide bonds. The highest BCUT2D eigenvalue weighted by atomic mass is 35.5. The highest BCUT2D eigenvalue weighted by molar-refractivity contribution is 7.93. The van der Waals surface area contributed by atoms with Gasteiger partial charge in [-0.05, 0) is 66.9 Å². The Morgan fingerprint density at radius 1 is 1.09 bits per heavy atom. The van der Waals surface area contributed by atoms with Gasteiger partial charge in [0.15, 0.2) is 5.54 Å². The van der Waals surface area contributed by atoms with Gasteiger partial charge in [0, 0.05) is 35.8 Å². The lowest BCUT2D eigenvalue weighted by Crippen LogP contribution is -2.54. The summed E-state index contributed by atoms with van der Waals surface area (Å²) in [6, 6.07) is 15.8. The standard InChI is InChI=1S/C32H33ClN4O7S/c1-42-23-7-9-24(10-8-23)45(40,41)37-28-19-22(33)6-11-25(28)32(31(37)39,36-15-3-4-27(36)30-35-14-17-44-30)26-18-21(20-34-13-16-38)5-12-29(26)43-2/h5-12,14,17-19,27,34,38H,3-4,13,15-16,20H2,1-2H3/t27-,32?/m0/s1. The van der Waals surface area contributed by atoms with Crippen LogP contribution in [0.15, 0.2) is 82.4 Å². The summed E-state index contributed by atoms with van der Waals surface area (Å²) in [7, 11) is -1.45. The Bertz CT molecular complexity index is 1800. The molecule has 6 rings (SSSR count). The van der Waals surface area contributed by atoms with Gasteiger partial charge in [-0.2, -0.15) is 0 Å². The number of anilines is 1. The Labute approximate surface area is 266 Å². The fraction of sp³-hybridized carbons (Fsp3) is 0.312. The number of fused-ring (bicyclic) bond motifs is 1. The van der Waals surface area contributed by atoms with Crippen LogP contribution in [0.2, 0.25) is 5.02 Å². The zero-order valence-corrected chi connectivity index (χ0v) is 26.3. The molecule has 1 saturated heterocycles. The quantitative estimate of drug-likeness (QED) is 0.227. The Morgan fingerprint density at radius 3 is 2.58 bits per heavy atom. The summed E-state index contributed by atoms with van der Waals surface area (Å²) >= 11 is 6.49. The fourth-order valence-electron chi connectivity index (χ4n) is 6.42. The van der Waals surface area contributed by atoms with Crippen LogP contribution in [0.1, 0.15) is 41.5 Å². The highest BCUT2D eigenvalue weighted by Crippen LogP contribution is 2.56. The van der Waals surface area contributed by atoms with Gasteiger partial charge in [0.25, 0.3) is 15.9 Å². The molecule has 1 unspecified atom stereocenters. The fourth-order valence-corrected chi connectivity index (χ4v) is 8.04. The molecule has 2 aliphatic rings. The molecule has 236 valence electrons. The number of nitrogens with zero attached hydrogens (tertiary/aromatic N) is 3. The number of aliphatic hydroxyl groups is 1. The SMILES string of the molecule is COc1ccc(S(=O)(=O)N2C(=O)C(c3cc(CNCCO)ccc3OC)(N3CCC[C@H]3c3ncco3)c3ccc(Cl)cc32)cc1. The number of ether oxygens (including phenoxy) is 2. The molecule has 0 radical (unpaired) electrons. The van der Waals surface area contributed by atoms with Crippen molar-refractivity contribution >= 4 is 33.2 Å². The summed E-state index contributed by atoms with van der Waals surface area (Å²) in [5, 5.41) is 12.8. The van der Waals surface area contributed by atoms with Gasteiger partial charge in [-0.1, -0.05) is 23.7 Å². The van der Waals surface area contributed by atoms with Gasteiger partial charge in [0.2, 0.25) is 5.89 Å². The van der Waals surface area contributed by atoms with Gasteiger partial charge in [-0.3, -0.25) is 9.69 Å². The molecule has 2 atom stereocenters. The van der Waals surface area contributed by atoms with Crippen LogP contribution in [0.25, 0.3) is 0 Å². The number of rotatable bonds is 11. The average Bonchev–Trinajstić information content (AvgIpc) is 3.80. The lowest BCUT2D eigenvalue weighted by molar-refractivity contribution is -0.127. The number of likely N-dealkylation sites (tertiary alicyclic amines) is 1. The first-order valence-corrected chi connectivity index (χ1v) is 16.3. The Balaban J connectivity index is 1.64. The van der Waals surface area contributed by atoms with Crippen molar-refractivity contribution < 1.29 is 32.2 Å². The number of hydrogen-bond donors (Lipinski definition) is 2. The van der Waals surface area contributed by atoms with E-state index in [1.54, 1.807) is 24.4 Å². The first kappa shape index (κ1) is 31.1. The van der Waals surface area contributed by atoms with Crippen molar-refractivity contribution in [1.82, 2.24) is 15.2 Å². The number of oxazole rings is 1. The molecule has 2 aliphatic heterocycles. The molecule has 45 heavy (non-hydrogen) atoms. The van der Waals surface area contributed by atoms with E-state index in [2.05, 4.69) is 10.3 Å². The predicted molar refractivity (Wildman–Crippen MR) is 167 cm³/mol. The van der Waals surface area contributed by atoms with Crippen molar-refractivity contribution in [2.24, 2.45) is 0 Å². The number of sulfonamides is 1. The van der Waals surface area contributed by atoms with Crippen LogP contribution in [-0.4, -0.2) is 63.2 Å². The lowest BCUT2D eigenvalue weighted by atomic mass is 9.80. The first-order chi connectivity index (χ1) is 21.8. The average molecular weight is 653 g/mol. The molecular formula is C32H33ClN4O7S. The smallest absolute Gasteiger partial charge is 0.271 e.